The van der Waals surface area contributed by atoms with Crippen molar-refractivity contribution in [3.63, 3.8) is 0 Å². The summed E-state index contributed by atoms with van der Waals surface area (Å²) in [6.07, 6.45) is 1.60. The van der Waals surface area contributed by atoms with Crippen LogP contribution in [0.1, 0.15) is 13.8 Å². The van der Waals surface area contributed by atoms with E-state index in [-0.39, 0.29) is 24.3 Å². The van der Waals surface area contributed by atoms with Crippen molar-refractivity contribution < 1.29 is 10.0 Å². The third-order valence-corrected chi connectivity index (χ3v) is 3.29. The normalized spacial score (nSPS) is 12.6. The van der Waals surface area contributed by atoms with Gasteiger partial charge in [-0.15, -0.1) is 0 Å². The second-order valence-electron chi connectivity index (χ2n) is 4.97. The maximum absolute atomic E-state index is 11.0. The van der Waals surface area contributed by atoms with E-state index >= 15 is 0 Å². The average Bonchev–Trinajstić information content (AvgIpc) is 2.43. The minimum Gasteiger partial charge on any atom is -0.394 e. The highest BCUT2D eigenvalue weighted by atomic mass is 16.6. The number of fused-ring (bicyclic) bond motifs is 1. The van der Waals surface area contributed by atoms with Gasteiger partial charge in [-0.25, -0.2) is 0 Å². The summed E-state index contributed by atoms with van der Waals surface area (Å²) >= 11 is 0. The van der Waals surface area contributed by atoms with Gasteiger partial charge in [0.25, 0.3) is 5.69 Å². The van der Waals surface area contributed by atoms with Crippen LogP contribution in [-0.4, -0.2) is 27.7 Å². The second kappa shape index (κ2) is 5.83. The monoisotopic (exact) mass is 275 g/mol. The standard InChI is InChI=1S/C14H17N3O3/c1-9(2)12(8-18)16-11-5-6-13(17(19)20)10-4-3-7-15-14(10)11/h3-7,9,12,16,18H,8H2,1-2H3. The zero-order valence-corrected chi connectivity index (χ0v) is 11.4. The summed E-state index contributed by atoms with van der Waals surface area (Å²) in [5.74, 6) is 0.231. The van der Waals surface area contributed by atoms with Crippen LogP contribution in [-0.2, 0) is 0 Å². The van der Waals surface area contributed by atoms with Crippen LogP contribution in [0.15, 0.2) is 30.5 Å². The Morgan fingerprint density at radius 2 is 2.15 bits per heavy atom. The lowest BCUT2D eigenvalue weighted by Crippen LogP contribution is -2.29. The van der Waals surface area contributed by atoms with E-state index in [4.69, 9.17) is 0 Å². The molecule has 20 heavy (non-hydrogen) atoms. The van der Waals surface area contributed by atoms with E-state index in [2.05, 4.69) is 10.3 Å². The number of hydrogen-bond acceptors (Lipinski definition) is 5. The van der Waals surface area contributed by atoms with E-state index in [1.54, 1.807) is 24.4 Å². The van der Waals surface area contributed by atoms with Crippen molar-refractivity contribution in [1.29, 1.82) is 0 Å². The fourth-order valence-electron chi connectivity index (χ4n) is 2.06. The lowest BCUT2D eigenvalue weighted by atomic mass is 10.0. The maximum Gasteiger partial charge on any atom is 0.278 e. The van der Waals surface area contributed by atoms with Crippen LogP contribution < -0.4 is 5.32 Å². The molecular weight excluding hydrogens is 258 g/mol. The molecule has 0 fully saturated rings. The number of anilines is 1. The number of aliphatic hydroxyl groups excluding tert-OH is 1. The molecule has 0 bridgehead atoms. The van der Waals surface area contributed by atoms with Gasteiger partial charge in [0.1, 0.15) is 5.52 Å². The molecule has 2 N–H and O–H groups in total. The first-order valence-corrected chi connectivity index (χ1v) is 6.44. The summed E-state index contributed by atoms with van der Waals surface area (Å²) in [6.45, 7) is 3.98. The molecule has 0 saturated heterocycles. The number of nitrogens with zero attached hydrogens (tertiary/aromatic N) is 2. The van der Waals surface area contributed by atoms with Crippen LogP contribution in [0.4, 0.5) is 11.4 Å². The number of rotatable bonds is 5. The predicted molar refractivity (Wildman–Crippen MR) is 77.7 cm³/mol. The molecule has 6 heteroatoms. The summed E-state index contributed by atoms with van der Waals surface area (Å²) in [7, 11) is 0. The lowest BCUT2D eigenvalue weighted by molar-refractivity contribution is -0.383. The van der Waals surface area contributed by atoms with E-state index < -0.39 is 4.92 Å². The fourth-order valence-corrected chi connectivity index (χ4v) is 2.06. The Morgan fingerprint density at radius 3 is 2.75 bits per heavy atom. The Hall–Kier alpha value is -2.21. The van der Waals surface area contributed by atoms with Crippen LogP contribution in [0.25, 0.3) is 10.9 Å². The third-order valence-electron chi connectivity index (χ3n) is 3.29. The molecule has 0 amide bonds. The Bertz CT molecular complexity index is 628. The van der Waals surface area contributed by atoms with Crippen molar-refractivity contribution in [3.8, 4) is 0 Å². The van der Waals surface area contributed by atoms with Gasteiger partial charge in [0.15, 0.2) is 0 Å². The van der Waals surface area contributed by atoms with E-state index in [9.17, 15) is 15.2 Å². The number of aromatic nitrogens is 1. The molecule has 0 aliphatic rings. The number of pyridine rings is 1. The number of benzene rings is 1. The Morgan fingerprint density at radius 1 is 1.40 bits per heavy atom. The van der Waals surface area contributed by atoms with Gasteiger partial charge in [0, 0.05) is 12.3 Å². The summed E-state index contributed by atoms with van der Waals surface area (Å²) < 4.78 is 0. The SMILES string of the molecule is CC(C)C(CO)Nc1ccc([N+](=O)[O-])c2cccnc12. The molecule has 0 spiro atoms. The van der Waals surface area contributed by atoms with Gasteiger partial charge in [0.2, 0.25) is 0 Å². The molecule has 0 saturated carbocycles. The number of non-ortho nitro benzene ring substituents is 1. The van der Waals surface area contributed by atoms with Gasteiger partial charge < -0.3 is 10.4 Å². The topological polar surface area (TPSA) is 88.3 Å². The Balaban J connectivity index is 2.50. The Kier molecular flexibility index (Phi) is 4.14. The van der Waals surface area contributed by atoms with Crippen molar-refractivity contribution in [1.82, 2.24) is 4.98 Å². The molecule has 1 heterocycles. The average molecular weight is 275 g/mol. The van der Waals surface area contributed by atoms with Crippen LogP contribution in [0.3, 0.4) is 0 Å². The molecule has 0 aliphatic heterocycles. The van der Waals surface area contributed by atoms with Crippen LogP contribution in [0.2, 0.25) is 0 Å². The van der Waals surface area contributed by atoms with Crippen molar-refractivity contribution in [2.75, 3.05) is 11.9 Å². The van der Waals surface area contributed by atoms with Crippen molar-refractivity contribution in [2.45, 2.75) is 19.9 Å². The third kappa shape index (κ3) is 2.70. The molecule has 1 aromatic carbocycles. The van der Waals surface area contributed by atoms with Crippen LogP contribution in [0, 0.1) is 16.0 Å². The molecule has 1 unspecified atom stereocenters. The zero-order chi connectivity index (χ0) is 14.7. The second-order valence-corrected chi connectivity index (χ2v) is 4.97. The number of nitro groups is 1. The maximum atomic E-state index is 11.0. The number of nitro benzene ring substituents is 1. The molecule has 2 aromatic rings. The summed E-state index contributed by atoms with van der Waals surface area (Å²) in [4.78, 5) is 14.8. The quantitative estimate of drug-likeness (QED) is 0.646. The van der Waals surface area contributed by atoms with Gasteiger partial charge in [0.05, 0.1) is 28.6 Å². The van der Waals surface area contributed by atoms with Gasteiger partial charge >= 0.3 is 0 Å². The molecule has 6 nitrogen and oxygen atoms in total. The minimum absolute atomic E-state index is 0.0109. The highest BCUT2D eigenvalue weighted by Crippen LogP contribution is 2.30. The molecule has 0 radical (unpaired) electrons. The predicted octanol–water partition coefficient (Wildman–Crippen LogP) is 2.57. The van der Waals surface area contributed by atoms with Crippen molar-refractivity contribution >= 4 is 22.3 Å². The number of aliphatic hydroxyl groups is 1. The van der Waals surface area contributed by atoms with E-state index in [0.717, 1.165) is 0 Å². The zero-order valence-electron chi connectivity index (χ0n) is 11.4. The van der Waals surface area contributed by atoms with E-state index in [1.807, 2.05) is 13.8 Å². The number of hydrogen-bond donors (Lipinski definition) is 2. The summed E-state index contributed by atoms with van der Waals surface area (Å²) in [5.41, 5.74) is 1.27. The minimum atomic E-state index is -0.417. The lowest BCUT2D eigenvalue weighted by Gasteiger charge is -2.21. The summed E-state index contributed by atoms with van der Waals surface area (Å²) in [6, 6.07) is 6.32. The van der Waals surface area contributed by atoms with Crippen LogP contribution >= 0.6 is 0 Å². The highest BCUT2D eigenvalue weighted by molar-refractivity contribution is 5.96. The first-order chi connectivity index (χ1) is 9.54. The van der Waals surface area contributed by atoms with E-state index in [1.165, 1.54) is 6.07 Å². The first kappa shape index (κ1) is 14.2. The van der Waals surface area contributed by atoms with Crippen molar-refractivity contribution in [2.24, 2.45) is 5.92 Å². The fraction of sp³-hybridized carbons (Fsp3) is 0.357. The smallest absolute Gasteiger partial charge is 0.278 e. The van der Waals surface area contributed by atoms with Gasteiger partial charge in [-0.05, 0) is 24.1 Å². The molecule has 0 aliphatic carbocycles. The van der Waals surface area contributed by atoms with Crippen molar-refractivity contribution in [3.05, 3.63) is 40.6 Å². The van der Waals surface area contributed by atoms with Gasteiger partial charge in [-0.3, -0.25) is 15.1 Å². The summed E-state index contributed by atoms with van der Waals surface area (Å²) in [5, 5.41) is 24.1. The van der Waals surface area contributed by atoms with Gasteiger partial charge in [-0.1, -0.05) is 13.8 Å². The van der Waals surface area contributed by atoms with Crippen LogP contribution in [0.5, 0.6) is 0 Å². The van der Waals surface area contributed by atoms with E-state index in [0.29, 0.717) is 16.6 Å². The molecular formula is C14H17N3O3. The van der Waals surface area contributed by atoms with Gasteiger partial charge in [-0.2, -0.15) is 0 Å². The first-order valence-electron chi connectivity index (χ1n) is 6.44. The highest BCUT2D eigenvalue weighted by Gasteiger charge is 2.18. The molecule has 1 aromatic heterocycles. The molecule has 1 atom stereocenters. The number of nitrogens with one attached hydrogen (secondary N) is 1. The molecule has 2 rings (SSSR count). The largest absolute Gasteiger partial charge is 0.394 e. The molecule has 106 valence electrons. The Labute approximate surface area is 116 Å².